The van der Waals surface area contributed by atoms with E-state index in [-0.39, 0.29) is 34.4 Å². The number of nitrogen functional groups attached to an aromatic ring is 1. The third-order valence-corrected chi connectivity index (χ3v) is 7.25. The summed E-state index contributed by atoms with van der Waals surface area (Å²) < 4.78 is 64.3. The predicted octanol–water partition coefficient (Wildman–Crippen LogP) is 4.60. The molecule has 5 aromatic rings. The van der Waals surface area contributed by atoms with E-state index in [4.69, 9.17) is 10.5 Å². The summed E-state index contributed by atoms with van der Waals surface area (Å²) in [7, 11) is -4.01. The topological polar surface area (TPSA) is 157 Å². The summed E-state index contributed by atoms with van der Waals surface area (Å²) in [6, 6.07) is 10.9. The highest BCUT2D eigenvalue weighted by molar-refractivity contribution is 7.90. The molecule has 3 aromatic heterocycles. The van der Waals surface area contributed by atoms with Gasteiger partial charge >= 0.3 is 0 Å². The van der Waals surface area contributed by atoms with Crippen LogP contribution in [0.1, 0.15) is 35.5 Å². The number of H-pyrrole nitrogens is 1. The molecule has 11 nitrogen and oxygen atoms in total. The standard InChI is InChI=1S/C27H25F2N7O4S/c1-14(2)34-41(38,39)35-21-11-20-16(9-19(21)29)10-22(33-20)26(37)17-12-32-36(27(17)30)23-13-31-25(8-15(23)3)40-24-7-5-4-6-18(24)28/h4-14,33-35H,30H2,1-3H3. The quantitative estimate of drug-likeness (QED) is 0.185. The number of carbonyl (C=O) groups is 1. The van der Waals surface area contributed by atoms with Crippen molar-refractivity contribution in [2.75, 3.05) is 10.5 Å². The van der Waals surface area contributed by atoms with E-state index in [1.54, 1.807) is 39.0 Å². The Morgan fingerprint density at radius 1 is 1.10 bits per heavy atom. The molecule has 0 saturated carbocycles. The maximum absolute atomic E-state index is 14.7. The van der Waals surface area contributed by atoms with Crippen LogP contribution in [0, 0.1) is 18.6 Å². The Labute approximate surface area is 233 Å². The van der Waals surface area contributed by atoms with Crippen LogP contribution < -0.4 is 19.9 Å². The number of rotatable bonds is 9. The number of anilines is 2. The van der Waals surface area contributed by atoms with Crippen molar-refractivity contribution < 1.29 is 26.7 Å². The molecule has 212 valence electrons. The number of nitrogens with one attached hydrogen (secondary N) is 3. The van der Waals surface area contributed by atoms with Crippen LogP contribution >= 0.6 is 0 Å². The molecule has 0 aliphatic heterocycles. The number of carbonyl (C=O) groups excluding carboxylic acids is 1. The first-order valence-electron chi connectivity index (χ1n) is 12.3. The number of hydrogen-bond donors (Lipinski definition) is 4. The Bertz CT molecular complexity index is 1900. The normalized spacial score (nSPS) is 11.8. The summed E-state index contributed by atoms with van der Waals surface area (Å²) in [6.45, 7) is 5.01. The van der Waals surface area contributed by atoms with Gasteiger partial charge in [0.05, 0.1) is 35.0 Å². The van der Waals surface area contributed by atoms with Gasteiger partial charge in [-0.05, 0) is 56.7 Å². The largest absolute Gasteiger partial charge is 0.436 e. The van der Waals surface area contributed by atoms with Crippen molar-refractivity contribution in [1.82, 2.24) is 24.5 Å². The number of hydrogen-bond acceptors (Lipinski definition) is 7. The van der Waals surface area contributed by atoms with Crippen molar-refractivity contribution in [3.8, 4) is 17.3 Å². The van der Waals surface area contributed by atoms with Gasteiger partial charge < -0.3 is 15.5 Å². The number of nitrogens with zero attached hydrogens (tertiary/aromatic N) is 3. The average Bonchev–Trinajstić information content (AvgIpc) is 3.47. The fraction of sp³-hybridized carbons (Fsp3) is 0.148. The number of halogens is 2. The first-order valence-corrected chi connectivity index (χ1v) is 13.8. The summed E-state index contributed by atoms with van der Waals surface area (Å²) in [6.07, 6.45) is 2.73. The number of fused-ring (bicyclic) bond motifs is 1. The van der Waals surface area contributed by atoms with Crippen molar-refractivity contribution >= 4 is 38.4 Å². The molecule has 5 N–H and O–H groups in total. The van der Waals surface area contributed by atoms with Gasteiger partial charge in [0.1, 0.15) is 11.6 Å². The van der Waals surface area contributed by atoms with Crippen molar-refractivity contribution in [3.05, 3.63) is 89.4 Å². The second kappa shape index (κ2) is 10.6. The molecule has 0 aliphatic carbocycles. The summed E-state index contributed by atoms with van der Waals surface area (Å²) in [5.74, 6) is -1.66. The lowest BCUT2D eigenvalue weighted by molar-refractivity contribution is 0.103. The number of ether oxygens (including phenoxy) is 1. The molecule has 0 amide bonds. The first kappa shape index (κ1) is 27.7. The number of aromatic amines is 1. The molecule has 3 heterocycles. The Balaban J connectivity index is 1.40. The van der Waals surface area contributed by atoms with E-state index >= 15 is 0 Å². The first-order chi connectivity index (χ1) is 19.4. The van der Waals surface area contributed by atoms with Crippen molar-refractivity contribution in [2.24, 2.45) is 0 Å². The minimum absolute atomic E-state index is 0.0219. The zero-order valence-electron chi connectivity index (χ0n) is 22.1. The molecular formula is C27H25F2N7O4S. The van der Waals surface area contributed by atoms with E-state index in [0.717, 1.165) is 6.07 Å². The summed E-state index contributed by atoms with van der Waals surface area (Å²) in [5, 5.41) is 4.59. The van der Waals surface area contributed by atoms with Crippen molar-refractivity contribution in [2.45, 2.75) is 26.8 Å². The highest BCUT2D eigenvalue weighted by Crippen LogP contribution is 2.29. The molecule has 14 heteroatoms. The summed E-state index contributed by atoms with van der Waals surface area (Å²) in [4.78, 5) is 20.4. The molecule has 0 saturated heterocycles. The Kier molecular flexibility index (Phi) is 7.19. The second-order valence-corrected chi connectivity index (χ2v) is 11.0. The van der Waals surface area contributed by atoms with Gasteiger partial charge in [0.15, 0.2) is 11.6 Å². The van der Waals surface area contributed by atoms with E-state index in [9.17, 15) is 22.0 Å². The van der Waals surface area contributed by atoms with Crippen LogP contribution in [0.5, 0.6) is 11.6 Å². The van der Waals surface area contributed by atoms with Gasteiger partial charge in [0, 0.05) is 23.0 Å². The summed E-state index contributed by atoms with van der Waals surface area (Å²) >= 11 is 0. The van der Waals surface area contributed by atoms with E-state index in [1.165, 1.54) is 41.3 Å². The zero-order valence-corrected chi connectivity index (χ0v) is 22.9. The molecule has 0 spiro atoms. The molecule has 0 aliphatic rings. The molecule has 0 fully saturated rings. The molecular weight excluding hydrogens is 556 g/mol. The molecule has 0 atom stereocenters. The number of nitrogens with two attached hydrogens (primary N) is 1. The van der Waals surface area contributed by atoms with Crippen LogP contribution in [-0.2, 0) is 10.2 Å². The van der Waals surface area contributed by atoms with Crippen LogP contribution in [0.2, 0.25) is 0 Å². The van der Waals surface area contributed by atoms with Crippen LogP contribution in [0.4, 0.5) is 20.3 Å². The van der Waals surface area contributed by atoms with Crippen molar-refractivity contribution in [1.29, 1.82) is 0 Å². The lowest BCUT2D eigenvalue weighted by Crippen LogP contribution is -2.35. The number of benzene rings is 2. The molecule has 41 heavy (non-hydrogen) atoms. The second-order valence-electron chi connectivity index (χ2n) is 9.51. The summed E-state index contributed by atoms with van der Waals surface area (Å²) in [5.41, 5.74) is 7.60. The lowest BCUT2D eigenvalue weighted by Gasteiger charge is -2.12. The van der Waals surface area contributed by atoms with Gasteiger partial charge in [-0.25, -0.2) is 18.4 Å². The highest BCUT2D eigenvalue weighted by Gasteiger charge is 2.22. The lowest BCUT2D eigenvalue weighted by atomic mass is 10.1. The Morgan fingerprint density at radius 3 is 2.56 bits per heavy atom. The number of para-hydroxylation sites is 1. The van der Waals surface area contributed by atoms with Crippen LogP contribution in [0.3, 0.4) is 0 Å². The van der Waals surface area contributed by atoms with Crippen LogP contribution in [-0.4, -0.2) is 40.0 Å². The monoisotopic (exact) mass is 581 g/mol. The van der Waals surface area contributed by atoms with Gasteiger partial charge in [-0.15, -0.1) is 0 Å². The zero-order chi connectivity index (χ0) is 29.5. The minimum Gasteiger partial charge on any atom is -0.436 e. The smallest absolute Gasteiger partial charge is 0.299 e. The molecule has 5 rings (SSSR count). The molecule has 2 aromatic carbocycles. The number of aromatic nitrogens is 4. The average molecular weight is 582 g/mol. The fourth-order valence-corrected chi connectivity index (χ4v) is 5.27. The molecule has 0 radical (unpaired) electrons. The van der Waals surface area contributed by atoms with E-state index in [1.807, 2.05) is 0 Å². The van der Waals surface area contributed by atoms with Crippen molar-refractivity contribution in [3.63, 3.8) is 0 Å². The van der Waals surface area contributed by atoms with E-state index < -0.39 is 33.7 Å². The maximum Gasteiger partial charge on any atom is 0.299 e. The fourth-order valence-electron chi connectivity index (χ4n) is 4.15. The van der Waals surface area contributed by atoms with Gasteiger partial charge in [0.25, 0.3) is 10.2 Å². The van der Waals surface area contributed by atoms with Gasteiger partial charge in [-0.3, -0.25) is 9.52 Å². The highest BCUT2D eigenvalue weighted by atomic mass is 32.2. The molecule has 0 bridgehead atoms. The van der Waals surface area contributed by atoms with Gasteiger partial charge in [-0.1, -0.05) is 12.1 Å². The van der Waals surface area contributed by atoms with E-state index in [0.29, 0.717) is 22.2 Å². The predicted molar refractivity (Wildman–Crippen MR) is 149 cm³/mol. The van der Waals surface area contributed by atoms with Crippen LogP contribution in [0.25, 0.3) is 16.6 Å². The van der Waals surface area contributed by atoms with Gasteiger partial charge in [-0.2, -0.15) is 18.2 Å². The Morgan fingerprint density at radius 2 is 1.85 bits per heavy atom. The Hall–Kier alpha value is -4.82. The number of ketones is 1. The maximum atomic E-state index is 14.7. The third-order valence-electron chi connectivity index (χ3n) is 5.98. The number of pyridine rings is 1. The van der Waals surface area contributed by atoms with E-state index in [2.05, 4.69) is 24.5 Å². The van der Waals surface area contributed by atoms with Crippen LogP contribution in [0.15, 0.2) is 60.9 Å². The number of aryl methyl sites for hydroxylation is 1. The minimum atomic E-state index is -4.01. The third kappa shape index (κ3) is 5.73. The van der Waals surface area contributed by atoms with Gasteiger partial charge in [0.2, 0.25) is 11.7 Å². The SMILES string of the molecule is Cc1cc(Oc2ccccc2F)ncc1-n1ncc(C(=O)c2cc3cc(F)c(NS(=O)(=O)NC(C)C)cc3[nH]2)c1N. The molecule has 0 unspecified atom stereocenters.